The largest absolute Gasteiger partial charge is 0.364 e. The van der Waals surface area contributed by atoms with E-state index >= 15 is 0 Å². The summed E-state index contributed by atoms with van der Waals surface area (Å²) in [6.45, 7) is 6.39. The van der Waals surface area contributed by atoms with Gasteiger partial charge in [-0.3, -0.25) is 0 Å². The van der Waals surface area contributed by atoms with Crippen molar-refractivity contribution in [1.29, 1.82) is 0 Å². The Morgan fingerprint density at radius 1 is 1.26 bits per heavy atom. The van der Waals surface area contributed by atoms with Crippen molar-refractivity contribution in [3.8, 4) is 0 Å². The lowest BCUT2D eigenvalue weighted by Crippen LogP contribution is -2.56. The zero-order valence-corrected chi connectivity index (χ0v) is 14.3. The van der Waals surface area contributed by atoms with Crippen LogP contribution in [0.4, 0.5) is 5.69 Å². The molecule has 2 unspecified atom stereocenters. The summed E-state index contributed by atoms with van der Waals surface area (Å²) in [5, 5.41) is 4.83. The van der Waals surface area contributed by atoms with Gasteiger partial charge >= 0.3 is 0 Å². The Morgan fingerprint density at radius 3 is 2.63 bits per heavy atom. The summed E-state index contributed by atoms with van der Waals surface area (Å²) in [4.78, 5) is 2.39. The molecular formula is C14H19BrCl2N2. The molecule has 5 heteroatoms. The Morgan fingerprint density at radius 2 is 2.00 bits per heavy atom. The molecular weight excluding hydrogens is 347 g/mol. The van der Waals surface area contributed by atoms with Gasteiger partial charge in [0.25, 0.3) is 0 Å². The first-order valence-electron chi connectivity index (χ1n) is 6.72. The minimum atomic E-state index is 0.470. The van der Waals surface area contributed by atoms with E-state index in [2.05, 4.69) is 46.1 Å². The summed E-state index contributed by atoms with van der Waals surface area (Å²) in [7, 11) is 0. The van der Waals surface area contributed by atoms with Crippen LogP contribution in [-0.2, 0) is 0 Å². The van der Waals surface area contributed by atoms with Gasteiger partial charge in [-0.1, -0.05) is 37.0 Å². The number of piperazine rings is 1. The third-order valence-electron chi connectivity index (χ3n) is 3.79. The fraction of sp³-hybridized carbons (Fsp3) is 0.571. The Balaban J connectivity index is 2.34. The first kappa shape index (κ1) is 15.4. The van der Waals surface area contributed by atoms with Gasteiger partial charge in [-0.05, 0) is 40.9 Å². The molecule has 1 aromatic rings. The van der Waals surface area contributed by atoms with Crippen molar-refractivity contribution in [3.63, 3.8) is 0 Å². The molecule has 0 amide bonds. The second-order valence-corrected chi connectivity index (χ2v) is 6.53. The van der Waals surface area contributed by atoms with E-state index in [-0.39, 0.29) is 0 Å². The summed E-state index contributed by atoms with van der Waals surface area (Å²) in [5.74, 6) is 0. The van der Waals surface area contributed by atoms with Gasteiger partial charge in [0.15, 0.2) is 0 Å². The molecule has 0 bridgehead atoms. The smallest absolute Gasteiger partial charge is 0.0837 e. The predicted octanol–water partition coefficient (Wildman–Crippen LogP) is 4.72. The van der Waals surface area contributed by atoms with Crippen molar-refractivity contribution < 1.29 is 0 Å². The van der Waals surface area contributed by atoms with Gasteiger partial charge in [0.2, 0.25) is 0 Å². The van der Waals surface area contributed by atoms with E-state index in [4.69, 9.17) is 23.2 Å². The molecule has 1 aliphatic rings. The summed E-state index contributed by atoms with van der Waals surface area (Å²) in [6.07, 6.45) is 2.21. The average molecular weight is 366 g/mol. The van der Waals surface area contributed by atoms with Crippen molar-refractivity contribution in [2.24, 2.45) is 0 Å². The maximum Gasteiger partial charge on any atom is 0.0837 e. The molecule has 1 heterocycles. The highest BCUT2D eigenvalue weighted by Gasteiger charge is 2.28. The van der Waals surface area contributed by atoms with Crippen LogP contribution in [0.1, 0.15) is 26.7 Å². The number of hydrogen-bond acceptors (Lipinski definition) is 2. The molecule has 1 fully saturated rings. The second kappa shape index (κ2) is 6.66. The zero-order chi connectivity index (χ0) is 14.0. The van der Waals surface area contributed by atoms with Gasteiger partial charge in [0, 0.05) is 29.6 Å². The van der Waals surface area contributed by atoms with Gasteiger partial charge in [-0.2, -0.15) is 0 Å². The number of nitrogens with zero attached hydrogens (tertiary/aromatic N) is 1. The minimum Gasteiger partial charge on any atom is -0.364 e. The van der Waals surface area contributed by atoms with Crippen LogP contribution >= 0.6 is 39.1 Å². The summed E-state index contributed by atoms with van der Waals surface area (Å²) in [5.41, 5.74) is 1.04. The lowest BCUT2D eigenvalue weighted by Gasteiger charge is -2.42. The van der Waals surface area contributed by atoms with E-state index in [1.807, 2.05) is 6.07 Å². The molecule has 2 nitrogen and oxygen atoms in total. The Labute approximate surface area is 133 Å². The molecule has 1 N–H and O–H groups in total. The zero-order valence-electron chi connectivity index (χ0n) is 11.2. The van der Waals surface area contributed by atoms with Crippen molar-refractivity contribution in [2.45, 2.75) is 38.8 Å². The molecule has 2 rings (SSSR count). The Bertz CT molecular complexity index is 453. The molecule has 106 valence electrons. The van der Waals surface area contributed by atoms with Crippen LogP contribution in [0.2, 0.25) is 10.0 Å². The fourth-order valence-electron chi connectivity index (χ4n) is 2.53. The number of anilines is 1. The highest BCUT2D eigenvalue weighted by molar-refractivity contribution is 9.10. The lowest BCUT2D eigenvalue weighted by atomic mass is 10.0. The number of nitrogens with one attached hydrogen (secondary N) is 1. The second-order valence-electron chi connectivity index (χ2n) is 4.92. The highest BCUT2D eigenvalue weighted by atomic mass is 79.9. The number of halogens is 3. The topological polar surface area (TPSA) is 15.3 Å². The van der Waals surface area contributed by atoms with Crippen LogP contribution in [-0.4, -0.2) is 25.2 Å². The van der Waals surface area contributed by atoms with E-state index in [0.717, 1.165) is 36.1 Å². The van der Waals surface area contributed by atoms with Crippen molar-refractivity contribution in [2.75, 3.05) is 18.0 Å². The van der Waals surface area contributed by atoms with Crippen LogP contribution in [0.5, 0.6) is 0 Å². The molecule has 2 atom stereocenters. The van der Waals surface area contributed by atoms with Crippen LogP contribution in [0.3, 0.4) is 0 Å². The minimum absolute atomic E-state index is 0.470. The average Bonchev–Trinajstić information content (AvgIpc) is 2.44. The molecule has 0 radical (unpaired) electrons. The van der Waals surface area contributed by atoms with Crippen molar-refractivity contribution in [3.05, 3.63) is 26.7 Å². The maximum atomic E-state index is 6.42. The van der Waals surface area contributed by atoms with Crippen LogP contribution < -0.4 is 10.2 Å². The standard InChI is InChI=1S/C14H19BrCl2N2/c1-3-9-8-19(10(4-2)7-18-9)12-6-5-11(15)13(16)14(12)17/h5-6,9-10,18H,3-4,7-8H2,1-2H3. The molecule has 0 aromatic heterocycles. The van der Waals surface area contributed by atoms with E-state index in [1.54, 1.807) is 0 Å². The Kier molecular flexibility index (Phi) is 5.41. The first-order valence-corrected chi connectivity index (χ1v) is 8.26. The summed E-state index contributed by atoms with van der Waals surface area (Å²) in [6, 6.07) is 5.01. The molecule has 0 spiro atoms. The van der Waals surface area contributed by atoms with Crippen LogP contribution in [0.15, 0.2) is 16.6 Å². The van der Waals surface area contributed by atoms with Gasteiger partial charge in [-0.25, -0.2) is 0 Å². The summed E-state index contributed by atoms with van der Waals surface area (Å²) >= 11 is 16.1. The van der Waals surface area contributed by atoms with Crippen molar-refractivity contribution >= 4 is 44.8 Å². The van der Waals surface area contributed by atoms with Crippen molar-refractivity contribution in [1.82, 2.24) is 5.32 Å². The third-order valence-corrected chi connectivity index (χ3v) is 5.55. The van der Waals surface area contributed by atoms with E-state index in [1.165, 1.54) is 0 Å². The first-order chi connectivity index (χ1) is 9.08. The SMILES string of the molecule is CCC1CN(c2ccc(Br)c(Cl)c2Cl)C(CC)CN1. The monoisotopic (exact) mass is 364 g/mol. The van der Waals surface area contributed by atoms with Gasteiger partial charge < -0.3 is 10.2 Å². The van der Waals surface area contributed by atoms with Gasteiger partial charge in [-0.15, -0.1) is 0 Å². The molecule has 1 aromatic carbocycles. The van der Waals surface area contributed by atoms with E-state index < -0.39 is 0 Å². The van der Waals surface area contributed by atoms with Gasteiger partial charge in [0.05, 0.1) is 15.7 Å². The van der Waals surface area contributed by atoms with E-state index in [9.17, 15) is 0 Å². The molecule has 1 saturated heterocycles. The molecule has 19 heavy (non-hydrogen) atoms. The molecule has 0 saturated carbocycles. The quantitative estimate of drug-likeness (QED) is 0.779. The fourth-order valence-corrected chi connectivity index (χ4v) is 3.41. The summed E-state index contributed by atoms with van der Waals surface area (Å²) < 4.78 is 0.846. The third kappa shape index (κ3) is 3.21. The number of hydrogen-bond donors (Lipinski definition) is 1. The number of rotatable bonds is 3. The maximum absolute atomic E-state index is 6.42. The normalized spacial score (nSPS) is 23.7. The van der Waals surface area contributed by atoms with Crippen LogP contribution in [0.25, 0.3) is 0 Å². The molecule has 0 aliphatic carbocycles. The van der Waals surface area contributed by atoms with Crippen LogP contribution in [0, 0.1) is 0 Å². The predicted molar refractivity (Wildman–Crippen MR) is 87.7 cm³/mol. The number of benzene rings is 1. The highest BCUT2D eigenvalue weighted by Crippen LogP contribution is 2.39. The van der Waals surface area contributed by atoms with Gasteiger partial charge in [0.1, 0.15) is 0 Å². The van der Waals surface area contributed by atoms with E-state index in [0.29, 0.717) is 22.1 Å². The Hall–Kier alpha value is 0.0400. The lowest BCUT2D eigenvalue weighted by molar-refractivity contribution is 0.379. The molecule has 1 aliphatic heterocycles.